The quantitative estimate of drug-likeness (QED) is 0.670. The van der Waals surface area contributed by atoms with E-state index in [1.807, 2.05) is 53.8 Å². The van der Waals surface area contributed by atoms with Crippen molar-refractivity contribution in [1.82, 2.24) is 14.5 Å². The summed E-state index contributed by atoms with van der Waals surface area (Å²) in [5, 5.41) is 0. The second-order valence-electron chi connectivity index (χ2n) is 7.44. The van der Waals surface area contributed by atoms with Gasteiger partial charge >= 0.3 is 0 Å². The molecule has 5 heteroatoms. The lowest BCUT2D eigenvalue weighted by Gasteiger charge is -2.29. The van der Waals surface area contributed by atoms with Crippen molar-refractivity contribution >= 4 is 16.9 Å². The Kier molecular flexibility index (Phi) is 4.77. The van der Waals surface area contributed by atoms with Crippen LogP contribution in [-0.4, -0.2) is 26.9 Å². The maximum absolute atomic E-state index is 13.4. The first-order valence-electron chi connectivity index (χ1n) is 9.91. The molecule has 1 unspecified atom stereocenters. The third-order valence-corrected chi connectivity index (χ3v) is 5.72. The predicted octanol–water partition coefficient (Wildman–Crippen LogP) is 4.79. The average Bonchev–Trinajstić information content (AvgIpc) is 3.17. The number of fused-ring (bicyclic) bond motifs is 1. The fraction of sp³-hybridized carbons (Fsp3) is 0.455. The largest absolute Gasteiger partial charge is 0.464 e. The van der Waals surface area contributed by atoms with Crippen LogP contribution in [0.5, 0.6) is 0 Å². The highest BCUT2D eigenvalue weighted by Gasteiger charge is 2.30. The Hall–Kier alpha value is -2.56. The van der Waals surface area contributed by atoms with E-state index in [9.17, 15) is 4.79 Å². The van der Waals surface area contributed by atoms with Gasteiger partial charge in [0, 0.05) is 25.6 Å². The van der Waals surface area contributed by atoms with Crippen LogP contribution in [0.15, 0.2) is 34.7 Å². The summed E-state index contributed by atoms with van der Waals surface area (Å²) < 4.78 is 8.07. The SMILES string of the molecule is CCc1ccc(C2CCCCCN2C(=O)c2ccc3c(c2)nc(C)n3C)o1. The number of hydrogen-bond acceptors (Lipinski definition) is 3. The number of carbonyl (C=O) groups is 1. The van der Waals surface area contributed by atoms with Gasteiger partial charge in [0.1, 0.15) is 17.3 Å². The van der Waals surface area contributed by atoms with Crippen LogP contribution in [0.3, 0.4) is 0 Å². The monoisotopic (exact) mass is 365 g/mol. The maximum Gasteiger partial charge on any atom is 0.254 e. The van der Waals surface area contributed by atoms with E-state index in [2.05, 4.69) is 11.9 Å². The minimum absolute atomic E-state index is 0.0152. The topological polar surface area (TPSA) is 51.3 Å². The molecule has 27 heavy (non-hydrogen) atoms. The van der Waals surface area contributed by atoms with Crippen molar-refractivity contribution in [3.05, 3.63) is 53.2 Å². The van der Waals surface area contributed by atoms with Crippen molar-refractivity contribution < 1.29 is 9.21 Å². The van der Waals surface area contributed by atoms with Gasteiger partial charge in [-0.3, -0.25) is 4.79 Å². The first-order valence-corrected chi connectivity index (χ1v) is 9.91. The van der Waals surface area contributed by atoms with Gasteiger partial charge in [0.25, 0.3) is 5.91 Å². The summed E-state index contributed by atoms with van der Waals surface area (Å²) in [4.78, 5) is 20.0. The van der Waals surface area contributed by atoms with Gasteiger partial charge in [-0.15, -0.1) is 0 Å². The zero-order valence-corrected chi connectivity index (χ0v) is 16.4. The van der Waals surface area contributed by atoms with E-state index in [1.165, 1.54) is 0 Å². The van der Waals surface area contributed by atoms with Crippen LogP contribution in [-0.2, 0) is 13.5 Å². The van der Waals surface area contributed by atoms with Crippen LogP contribution in [0, 0.1) is 6.92 Å². The Morgan fingerprint density at radius 3 is 2.85 bits per heavy atom. The van der Waals surface area contributed by atoms with E-state index in [1.54, 1.807) is 0 Å². The smallest absolute Gasteiger partial charge is 0.254 e. The Balaban J connectivity index is 1.68. The number of aromatic nitrogens is 2. The number of amides is 1. The number of aryl methyl sites for hydroxylation is 3. The highest BCUT2D eigenvalue weighted by molar-refractivity contribution is 5.97. The number of benzene rings is 1. The molecule has 1 amide bonds. The van der Waals surface area contributed by atoms with Crippen molar-refractivity contribution in [3.8, 4) is 0 Å². The molecule has 142 valence electrons. The minimum Gasteiger partial charge on any atom is -0.464 e. The molecule has 1 aliphatic rings. The minimum atomic E-state index is 0.0152. The van der Waals surface area contributed by atoms with Gasteiger partial charge in [-0.25, -0.2) is 4.98 Å². The molecular formula is C22H27N3O2. The van der Waals surface area contributed by atoms with Crippen LogP contribution in [0.4, 0.5) is 0 Å². The lowest BCUT2D eigenvalue weighted by molar-refractivity contribution is 0.0657. The highest BCUT2D eigenvalue weighted by atomic mass is 16.3. The zero-order chi connectivity index (χ0) is 19.0. The van der Waals surface area contributed by atoms with E-state index >= 15 is 0 Å². The lowest BCUT2D eigenvalue weighted by atomic mass is 10.1. The highest BCUT2D eigenvalue weighted by Crippen LogP contribution is 2.33. The first kappa shape index (κ1) is 17.8. The van der Waals surface area contributed by atoms with Crippen molar-refractivity contribution in [2.75, 3.05) is 6.54 Å². The van der Waals surface area contributed by atoms with E-state index in [0.717, 1.165) is 67.0 Å². The van der Waals surface area contributed by atoms with Gasteiger partial charge in [0.15, 0.2) is 0 Å². The molecule has 1 aliphatic heterocycles. The summed E-state index contributed by atoms with van der Waals surface area (Å²) in [7, 11) is 2.00. The van der Waals surface area contributed by atoms with Crippen LogP contribution in [0.2, 0.25) is 0 Å². The van der Waals surface area contributed by atoms with Gasteiger partial charge in [-0.05, 0) is 50.1 Å². The summed E-state index contributed by atoms with van der Waals surface area (Å²) in [6.07, 6.45) is 5.13. The molecule has 5 nitrogen and oxygen atoms in total. The van der Waals surface area contributed by atoms with Gasteiger partial charge in [-0.1, -0.05) is 19.8 Å². The van der Waals surface area contributed by atoms with Gasteiger partial charge in [-0.2, -0.15) is 0 Å². The third-order valence-electron chi connectivity index (χ3n) is 5.72. The fourth-order valence-corrected chi connectivity index (χ4v) is 4.03. The van der Waals surface area contributed by atoms with E-state index in [-0.39, 0.29) is 11.9 Å². The lowest BCUT2D eigenvalue weighted by Crippen LogP contribution is -2.34. The summed E-state index contributed by atoms with van der Waals surface area (Å²) in [6, 6.07) is 9.93. The molecule has 0 bridgehead atoms. The number of imidazole rings is 1. The standard InChI is InChI=1S/C22H27N3O2/c1-4-17-10-12-21(27-17)20-8-6-5-7-13-25(20)22(26)16-9-11-19-18(14-16)23-15(2)24(19)3/h9-12,14,20H,4-8,13H2,1-3H3. The molecule has 4 rings (SSSR count). The number of hydrogen-bond donors (Lipinski definition) is 0. The number of likely N-dealkylation sites (tertiary alicyclic amines) is 1. The van der Waals surface area contributed by atoms with Gasteiger partial charge in [0.05, 0.1) is 17.1 Å². The second-order valence-corrected chi connectivity index (χ2v) is 7.44. The Labute approximate surface area is 160 Å². The maximum atomic E-state index is 13.4. The molecule has 3 heterocycles. The summed E-state index contributed by atoms with van der Waals surface area (Å²) in [5.74, 6) is 2.91. The van der Waals surface area contributed by atoms with Crippen molar-refractivity contribution in [3.63, 3.8) is 0 Å². The fourth-order valence-electron chi connectivity index (χ4n) is 4.03. The third kappa shape index (κ3) is 3.27. The average molecular weight is 365 g/mol. The number of furan rings is 1. The number of rotatable bonds is 3. The number of carbonyl (C=O) groups excluding carboxylic acids is 1. The summed E-state index contributed by atoms with van der Waals surface area (Å²) in [5.41, 5.74) is 2.63. The molecule has 1 atom stereocenters. The van der Waals surface area contributed by atoms with Gasteiger partial charge in [0.2, 0.25) is 0 Å². The van der Waals surface area contributed by atoms with Crippen molar-refractivity contribution in [2.45, 2.75) is 52.0 Å². The molecule has 0 spiro atoms. The molecule has 0 saturated carbocycles. The van der Waals surface area contributed by atoms with Crippen molar-refractivity contribution in [1.29, 1.82) is 0 Å². The molecule has 1 aromatic carbocycles. The van der Waals surface area contributed by atoms with Crippen LogP contribution < -0.4 is 0 Å². The molecule has 2 aromatic heterocycles. The molecule has 3 aromatic rings. The summed E-state index contributed by atoms with van der Waals surface area (Å²) in [6.45, 7) is 4.84. The summed E-state index contributed by atoms with van der Waals surface area (Å²) >= 11 is 0. The molecule has 0 radical (unpaired) electrons. The van der Waals surface area contributed by atoms with Crippen molar-refractivity contribution in [2.24, 2.45) is 7.05 Å². The van der Waals surface area contributed by atoms with E-state index < -0.39 is 0 Å². The Bertz CT molecular complexity index is 969. The Morgan fingerprint density at radius 2 is 2.07 bits per heavy atom. The van der Waals surface area contributed by atoms with Crippen LogP contribution in [0.1, 0.15) is 66.4 Å². The number of nitrogens with zero attached hydrogens (tertiary/aromatic N) is 3. The molecule has 1 saturated heterocycles. The van der Waals surface area contributed by atoms with E-state index in [4.69, 9.17) is 4.42 Å². The van der Waals surface area contributed by atoms with E-state index in [0.29, 0.717) is 5.56 Å². The zero-order valence-electron chi connectivity index (χ0n) is 16.4. The molecule has 0 N–H and O–H groups in total. The molecular weight excluding hydrogens is 338 g/mol. The van der Waals surface area contributed by atoms with Gasteiger partial charge < -0.3 is 13.9 Å². The first-order chi connectivity index (χ1) is 13.1. The molecule has 0 aliphatic carbocycles. The Morgan fingerprint density at radius 1 is 1.22 bits per heavy atom. The molecule has 1 fully saturated rings. The van der Waals surface area contributed by atoms with Crippen LogP contribution in [0.25, 0.3) is 11.0 Å². The van der Waals surface area contributed by atoms with Crippen LogP contribution >= 0.6 is 0 Å². The second kappa shape index (κ2) is 7.22. The normalized spacial score (nSPS) is 18.0. The predicted molar refractivity (Wildman–Crippen MR) is 106 cm³/mol.